The first-order chi connectivity index (χ1) is 11.1. The summed E-state index contributed by atoms with van der Waals surface area (Å²) in [5.41, 5.74) is 4.17. The third kappa shape index (κ3) is 5.62. The number of hydrazone groups is 1. The first-order valence-corrected chi connectivity index (χ1v) is 8.47. The Morgan fingerprint density at radius 2 is 2.04 bits per heavy atom. The van der Waals surface area contributed by atoms with Gasteiger partial charge in [0.15, 0.2) is 0 Å². The summed E-state index contributed by atoms with van der Waals surface area (Å²) < 4.78 is 0. The van der Waals surface area contributed by atoms with E-state index < -0.39 is 0 Å². The van der Waals surface area contributed by atoms with Gasteiger partial charge >= 0.3 is 0 Å². The molecule has 0 aromatic heterocycles. The van der Waals surface area contributed by atoms with Crippen LogP contribution < -0.4 is 5.43 Å². The van der Waals surface area contributed by atoms with Crippen molar-refractivity contribution >= 4 is 35.5 Å². The SMILES string of the molecule is CCSc1ccc(Cl)cc1CC(=O)N/N=C\c1ccc(O)cc1. The average molecular weight is 349 g/mol. The van der Waals surface area contributed by atoms with Crippen LogP contribution in [0.3, 0.4) is 0 Å². The maximum absolute atomic E-state index is 12.0. The number of hydrogen-bond acceptors (Lipinski definition) is 4. The van der Waals surface area contributed by atoms with Gasteiger partial charge in [0.25, 0.3) is 0 Å². The molecule has 0 heterocycles. The molecular formula is C17H17ClN2O2S. The highest BCUT2D eigenvalue weighted by atomic mass is 35.5. The maximum Gasteiger partial charge on any atom is 0.244 e. The summed E-state index contributed by atoms with van der Waals surface area (Å²) in [6, 6.07) is 12.1. The van der Waals surface area contributed by atoms with Crippen LogP contribution in [0.4, 0.5) is 0 Å². The van der Waals surface area contributed by atoms with Crippen molar-refractivity contribution in [2.75, 3.05) is 5.75 Å². The quantitative estimate of drug-likeness (QED) is 0.473. The molecule has 2 N–H and O–H groups in total. The molecule has 23 heavy (non-hydrogen) atoms. The zero-order valence-corrected chi connectivity index (χ0v) is 14.2. The summed E-state index contributed by atoms with van der Waals surface area (Å²) in [6.07, 6.45) is 1.74. The molecule has 0 aliphatic rings. The Morgan fingerprint density at radius 3 is 2.74 bits per heavy atom. The minimum atomic E-state index is -0.208. The molecule has 1 amide bonds. The van der Waals surface area contributed by atoms with Gasteiger partial charge < -0.3 is 5.11 Å². The van der Waals surface area contributed by atoms with Gasteiger partial charge in [-0.2, -0.15) is 5.10 Å². The molecule has 4 nitrogen and oxygen atoms in total. The standard InChI is InChI=1S/C17H17ClN2O2S/c1-2-23-16-8-5-14(18)9-13(16)10-17(22)20-19-11-12-3-6-15(21)7-4-12/h3-9,11,21H,2,10H2,1H3,(H,20,22)/b19-11-. The van der Waals surface area contributed by atoms with Crippen molar-refractivity contribution in [3.63, 3.8) is 0 Å². The number of nitrogens with zero attached hydrogens (tertiary/aromatic N) is 1. The van der Waals surface area contributed by atoms with Gasteiger partial charge in [-0.3, -0.25) is 4.79 Å². The Hall–Kier alpha value is -1.98. The highest BCUT2D eigenvalue weighted by Crippen LogP contribution is 2.26. The van der Waals surface area contributed by atoms with Crippen molar-refractivity contribution in [2.45, 2.75) is 18.2 Å². The van der Waals surface area contributed by atoms with E-state index in [1.807, 2.05) is 18.2 Å². The second-order valence-electron chi connectivity index (χ2n) is 4.75. The molecule has 0 saturated carbocycles. The van der Waals surface area contributed by atoms with Crippen molar-refractivity contribution < 1.29 is 9.90 Å². The average Bonchev–Trinajstić information content (AvgIpc) is 2.52. The fraction of sp³-hybridized carbons (Fsp3) is 0.176. The largest absolute Gasteiger partial charge is 0.508 e. The number of carbonyl (C=O) groups is 1. The predicted octanol–water partition coefficient (Wildman–Crippen LogP) is 3.85. The van der Waals surface area contributed by atoms with Crippen molar-refractivity contribution in [1.29, 1.82) is 0 Å². The molecule has 0 bridgehead atoms. The van der Waals surface area contributed by atoms with Gasteiger partial charge in [-0.15, -0.1) is 11.8 Å². The van der Waals surface area contributed by atoms with Crippen LogP contribution in [0.15, 0.2) is 52.5 Å². The number of nitrogens with one attached hydrogen (secondary N) is 1. The van der Waals surface area contributed by atoms with Gasteiger partial charge in [-0.1, -0.05) is 18.5 Å². The first kappa shape index (κ1) is 17.4. The van der Waals surface area contributed by atoms with E-state index in [1.54, 1.807) is 36.0 Å². The molecule has 0 fully saturated rings. The highest BCUT2D eigenvalue weighted by molar-refractivity contribution is 7.99. The summed E-state index contributed by atoms with van der Waals surface area (Å²) in [5, 5.41) is 13.7. The van der Waals surface area contributed by atoms with Crippen LogP contribution >= 0.6 is 23.4 Å². The number of carbonyl (C=O) groups excluding carboxylic acids is 1. The Bertz CT molecular complexity index is 702. The molecule has 0 radical (unpaired) electrons. The molecule has 0 aliphatic carbocycles. The van der Waals surface area contributed by atoms with E-state index in [0.29, 0.717) is 5.02 Å². The minimum absolute atomic E-state index is 0.188. The Balaban J connectivity index is 1.97. The summed E-state index contributed by atoms with van der Waals surface area (Å²) in [7, 11) is 0. The zero-order chi connectivity index (χ0) is 16.7. The van der Waals surface area contributed by atoms with Gasteiger partial charge in [0.1, 0.15) is 5.75 Å². The summed E-state index contributed by atoms with van der Waals surface area (Å²) in [4.78, 5) is 13.1. The topological polar surface area (TPSA) is 61.7 Å². The number of aromatic hydroxyl groups is 1. The predicted molar refractivity (Wildman–Crippen MR) is 95.4 cm³/mol. The van der Waals surface area contributed by atoms with Crippen LogP contribution in [0.5, 0.6) is 5.75 Å². The Labute approximate surface area is 144 Å². The normalized spacial score (nSPS) is 10.9. The zero-order valence-electron chi connectivity index (χ0n) is 12.6. The van der Waals surface area contributed by atoms with Crippen LogP contribution in [0.25, 0.3) is 0 Å². The van der Waals surface area contributed by atoms with Gasteiger partial charge in [0, 0.05) is 9.92 Å². The number of rotatable bonds is 6. The molecule has 2 aromatic carbocycles. The van der Waals surface area contributed by atoms with E-state index in [2.05, 4.69) is 17.5 Å². The minimum Gasteiger partial charge on any atom is -0.508 e. The molecule has 0 spiro atoms. The highest BCUT2D eigenvalue weighted by Gasteiger charge is 2.08. The molecule has 120 valence electrons. The lowest BCUT2D eigenvalue weighted by Gasteiger charge is -2.08. The fourth-order valence-corrected chi connectivity index (χ4v) is 2.92. The van der Waals surface area contributed by atoms with Crippen molar-refractivity contribution in [3.05, 3.63) is 58.6 Å². The van der Waals surface area contributed by atoms with Gasteiger partial charge in [-0.25, -0.2) is 5.43 Å². The number of phenolic OH excluding ortho intramolecular Hbond substituents is 1. The van der Waals surface area contributed by atoms with Crippen LogP contribution in [0.2, 0.25) is 5.02 Å². The van der Waals surface area contributed by atoms with Crippen LogP contribution in [0, 0.1) is 0 Å². The molecule has 0 atom stereocenters. The Morgan fingerprint density at radius 1 is 1.30 bits per heavy atom. The van der Waals surface area contributed by atoms with E-state index in [4.69, 9.17) is 11.6 Å². The lowest BCUT2D eigenvalue weighted by molar-refractivity contribution is -0.120. The number of thioether (sulfide) groups is 1. The summed E-state index contributed by atoms with van der Waals surface area (Å²) in [6.45, 7) is 2.06. The number of phenols is 1. The second kappa shape index (κ2) is 8.60. The first-order valence-electron chi connectivity index (χ1n) is 7.10. The van der Waals surface area contributed by atoms with Crippen molar-refractivity contribution in [3.8, 4) is 5.75 Å². The van der Waals surface area contributed by atoms with E-state index in [-0.39, 0.29) is 18.1 Å². The van der Waals surface area contributed by atoms with Crippen LogP contribution in [-0.4, -0.2) is 23.0 Å². The monoisotopic (exact) mass is 348 g/mol. The third-order valence-electron chi connectivity index (χ3n) is 2.97. The molecule has 2 rings (SSSR count). The summed E-state index contributed by atoms with van der Waals surface area (Å²) in [5.74, 6) is 0.906. The van der Waals surface area contributed by atoms with E-state index in [0.717, 1.165) is 21.8 Å². The lowest BCUT2D eigenvalue weighted by Crippen LogP contribution is -2.20. The smallest absolute Gasteiger partial charge is 0.244 e. The fourth-order valence-electron chi connectivity index (χ4n) is 1.93. The van der Waals surface area contributed by atoms with Crippen LogP contribution in [-0.2, 0) is 11.2 Å². The van der Waals surface area contributed by atoms with Gasteiger partial charge in [0.2, 0.25) is 5.91 Å². The third-order valence-corrected chi connectivity index (χ3v) is 4.20. The molecule has 2 aromatic rings. The molecular weight excluding hydrogens is 332 g/mol. The van der Waals surface area contributed by atoms with Crippen molar-refractivity contribution in [1.82, 2.24) is 5.43 Å². The number of benzene rings is 2. The summed E-state index contributed by atoms with van der Waals surface area (Å²) >= 11 is 7.68. The molecule has 0 unspecified atom stereocenters. The van der Waals surface area contributed by atoms with E-state index in [9.17, 15) is 9.90 Å². The number of amides is 1. The Kier molecular flexibility index (Phi) is 6.50. The number of halogens is 1. The molecule has 0 aliphatic heterocycles. The molecule has 0 saturated heterocycles. The lowest BCUT2D eigenvalue weighted by atomic mass is 10.1. The second-order valence-corrected chi connectivity index (χ2v) is 6.49. The molecule has 6 heteroatoms. The van der Waals surface area contributed by atoms with Crippen LogP contribution in [0.1, 0.15) is 18.1 Å². The maximum atomic E-state index is 12.0. The van der Waals surface area contributed by atoms with E-state index >= 15 is 0 Å². The van der Waals surface area contributed by atoms with Crippen molar-refractivity contribution in [2.24, 2.45) is 5.10 Å². The number of hydrogen-bond donors (Lipinski definition) is 2. The van der Waals surface area contributed by atoms with Gasteiger partial charge in [-0.05, 0) is 59.3 Å². The van der Waals surface area contributed by atoms with Gasteiger partial charge in [0.05, 0.1) is 12.6 Å². The van der Waals surface area contributed by atoms with E-state index in [1.165, 1.54) is 6.21 Å².